The van der Waals surface area contributed by atoms with E-state index in [1.165, 1.54) is 11.8 Å². The molecule has 1 N–H and O–H groups in total. The number of esters is 1. The summed E-state index contributed by atoms with van der Waals surface area (Å²) in [4.78, 5) is 28.2. The van der Waals surface area contributed by atoms with Crippen molar-refractivity contribution < 1.29 is 14.3 Å². The second-order valence-electron chi connectivity index (χ2n) is 6.14. The number of ether oxygens (including phenoxy) is 1. The second-order valence-corrected chi connectivity index (χ2v) is 7.52. The van der Waals surface area contributed by atoms with Crippen LogP contribution in [0.25, 0.3) is 11.0 Å². The molecule has 0 aliphatic heterocycles. The highest BCUT2D eigenvalue weighted by Crippen LogP contribution is 2.27. The van der Waals surface area contributed by atoms with E-state index in [-0.39, 0.29) is 18.3 Å². The monoisotopic (exact) mass is 429 g/mol. The standard InChI is InChI=1S/C21H20ClN3O3S/c1-2-10-23-19(26)13-28-20(27)14-29-21-24-17-11-16(22)8-9-18(17)25(21)12-15-6-4-3-5-7-15/h2-9,11H,1,10,12-14H2,(H,23,26). The van der Waals surface area contributed by atoms with E-state index in [0.717, 1.165) is 16.6 Å². The average molecular weight is 430 g/mol. The maximum atomic E-state index is 12.0. The lowest BCUT2D eigenvalue weighted by Gasteiger charge is -2.09. The van der Waals surface area contributed by atoms with Crippen molar-refractivity contribution in [3.63, 3.8) is 0 Å². The van der Waals surface area contributed by atoms with Crippen molar-refractivity contribution in [2.24, 2.45) is 0 Å². The molecule has 0 fully saturated rings. The lowest BCUT2D eigenvalue weighted by atomic mass is 10.2. The Kier molecular flexibility index (Phi) is 7.32. The van der Waals surface area contributed by atoms with Crippen LogP contribution in [0.4, 0.5) is 0 Å². The zero-order valence-corrected chi connectivity index (χ0v) is 17.2. The molecule has 0 bridgehead atoms. The number of carbonyl (C=O) groups is 2. The molecule has 0 aliphatic carbocycles. The van der Waals surface area contributed by atoms with Crippen molar-refractivity contribution in [1.82, 2.24) is 14.9 Å². The fourth-order valence-corrected chi connectivity index (χ4v) is 3.64. The van der Waals surface area contributed by atoms with Gasteiger partial charge in [0.15, 0.2) is 11.8 Å². The Labute approximate surface area is 177 Å². The predicted octanol–water partition coefficient (Wildman–Crippen LogP) is 3.68. The van der Waals surface area contributed by atoms with Crippen molar-refractivity contribution in [3.8, 4) is 0 Å². The van der Waals surface area contributed by atoms with Gasteiger partial charge in [0.05, 0.1) is 23.3 Å². The highest BCUT2D eigenvalue weighted by Gasteiger charge is 2.15. The molecule has 1 amide bonds. The maximum absolute atomic E-state index is 12.0. The summed E-state index contributed by atoms with van der Waals surface area (Å²) in [7, 11) is 0. The van der Waals surface area contributed by atoms with Crippen LogP contribution in [0, 0.1) is 0 Å². The maximum Gasteiger partial charge on any atom is 0.316 e. The molecule has 0 saturated carbocycles. The number of thioether (sulfide) groups is 1. The summed E-state index contributed by atoms with van der Waals surface area (Å²) >= 11 is 7.36. The predicted molar refractivity (Wildman–Crippen MR) is 115 cm³/mol. The molecule has 6 nitrogen and oxygen atoms in total. The Morgan fingerprint density at radius 3 is 2.79 bits per heavy atom. The molecular weight excluding hydrogens is 410 g/mol. The summed E-state index contributed by atoms with van der Waals surface area (Å²) in [6, 6.07) is 15.5. The molecular formula is C21H20ClN3O3S. The molecule has 3 aromatic rings. The van der Waals surface area contributed by atoms with Gasteiger partial charge < -0.3 is 14.6 Å². The number of amides is 1. The molecule has 0 radical (unpaired) electrons. The van der Waals surface area contributed by atoms with E-state index >= 15 is 0 Å². The van der Waals surface area contributed by atoms with Crippen molar-refractivity contribution in [3.05, 3.63) is 71.8 Å². The van der Waals surface area contributed by atoms with Crippen LogP contribution in [0.5, 0.6) is 0 Å². The number of aromatic nitrogens is 2. The first-order chi connectivity index (χ1) is 14.1. The third-order valence-corrected chi connectivity index (χ3v) is 5.17. The van der Waals surface area contributed by atoms with Gasteiger partial charge in [-0.2, -0.15) is 0 Å². The number of hydrogen-bond donors (Lipinski definition) is 1. The third-order valence-electron chi connectivity index (χ3n) is 3.99. The van der Waals surface area contributed by atoms with Gasteiger partial charge in [-0.3, -0.25) is 9.59 Å². The van der Waals surface area contributed by atoms with Gasteiger partial charge in [-0.1, -0.05) is 59.8 Å². The van der Waals surface area contributed by atoms with Gasteiger partial charge in [0.1, 0.15) is 0 Å². The zero-order chi connectivity index (χ0) is 20.6. The highest BCUT2D eigenvalue weighted by atomic mass is 35.5. The van der Waals surface area contributed by atoms with Gasteiger partial charge in [-0.25, -0.2) is 4.98 Å². The van der Waals surface area contributed by atoms with E-state index in [4.69, 9.17) is 16.3 Å². The van der Waals surface area contributed by atoms with Crippen molar-refractivity contribution >= 4 is 46.3 Å². The Balaban J connectivity index is 1.71. The minimum atomic E-state index is -0.486. The molecule has 0 saturated heterocycles. The number of imidazole rings is 1. The van der Waals surface area contributed by atoms with Crippen LogP contribution in [0.15, 0.2) is 66.3 Å². The topological polar surface area (TPSA) is 73.2 Å². The molecule has 3 rings (SSSR count). The van der Waals surface area contributed by atoms with Crippen molar-refractivity contribution in [2.45, 2.75) is 11.7 Å². The quantitative estimate of drug-likeness (QED) is 0.319. The van der Waals surface area contributed by atoms with Crippen molar-refractivity contribution in [1.29, 1.82) is 0 Å². The second kappa shape index (κ2) is 10.1. The largest absolute Gasteiger partial charge is 0.455 e. The normalized spacial score (nSPS) is 10.7. The number of nitrogens with one attached hydrogen (secondary N) is 1. The molecule has 29 heavy (non-hydrogen) atoms. The zero-order valence-electron chi connectivity index (χ0n) is 15.6. The summed E-state index contributed by atoms with van der Waals surface area (Å²) in [6.07, 6.45) is 1.55. The summed E-state index contributed by atoms with van der Waals surface area (Å²) in [6.45, 7) is 4.13. The lowest BCUT2D eigenvalue weighted by Crippen LogP contribution is -2.29. The highest BCUT2D eigenvalue weighted by molar-refractivity contribution is 7.99. The van der Waals surface area contributed by atoms with Crippen LogP contribution < -0.4 is 5.32 Å². The minimum absolute atomic E-state index is 0.0422. The lowest BCUT2D eigenvalue weighted by molar-refractivity contribution is -0.145. The van der Waals surface area contributed by atoms with Crippen LogP contribution in [0.2, 0.25) is 5.02 Å². The van der Waals surface area contributed by atoms with Gasteiger partial charge >= 0.3 is 5.97 Å². The number of nitrogens with zero attached hydrogens (tertiary/aromatic N) is 2. The minimum Gasteiger partial charge on any atom is -0.455 e. The Morgan fingerprint density at radius 2 is 2.03 bits per heavy atom. The summed E-state index contributed by atoms with van der Waals surface area (Å²) in [5, 5.41) is 3.83. The molecule has 2 aromatic carbocycles. The fourth-order valence-electron chi connectivity index (χ4n) is 2.66. The fraction of sp³-hybridized carbons (Fsp3) is 0.190. The van der Waals surface area contributed by atoms with Crippen molar-refractivity contribution in [2.75, 3.05) is 18.9 Å². The Morgan fingerprint density at radius 1 is 1.24 bits per heavy atom. The van der Waals surface area contributed by atoms with E-state index in [9.17, 15) is 9.59 Å². The van der Waals surface area contributed by atoms with Crippen LogP contribution >= 0.6 is 23.4 Å². The molecule has 0 spiro atoms. The smallest absolute Gasteiger partial charge is 0.316 e. The Bertz CT molecular complexity index is 1020. The summed E-state index contributed by atoms with van der Waals surface area (Å²) in [5.41, 5.74) is 2.80. The van der Waals surface area contributed by atoms with Gasteiger partial charge in [0.25, 0.3) is 5.91 Å². The molecule has 1 heterocycles. The first-order valence-electron chi connectivity index (χ1n) is 8.92. The SMILES string of the molecule is C=CCNC(=O)COC(=O)CSc1nc2cc(Cl)ccc2n1Cc1ccccc1. The van der Waals surface area contributed by atoms with Gasteiger partial charge in [-0.05, 0) is 23.8 Å². The molecule has 8 heteroatoms. The van der Waals surface area contributed by atoms with Crippen LogP contribution in [-0.4, -0.2) is 40.3 Å². The third kappa shape index (κ3) is 5.85. The number of fused-ring (bicyclic) bond motifs is 1. The van der Waals surface area contributed by atoms with Crippen LogP contribution in [0.3, 0.4) is 0 Å². The van der Waals surface area contributed by atoms with Gasteiger partial charge in [0.2, 0.25) is 0 Å². The summed E-state index contributed by atoms with van der Waals surface area (Å²) < 4.78 is 7.05. The van der Waals surface area contributed by atoms with Crippen LogP contribution in [-0.2, 0) is 20.9 Å². The van der Waals surface area contributed by atoms with E-state index < -0.39 is 5.97 Å². The number of rotatable bonds is 9. The van der Waals surface area contributed by atoms with E-state index in [1.54, 1.807) is 12.1 Å². The molecule has 0 aliphatic rings. The van der Waals surface area contributed by atoms with E-state index in [0.29, 0.717) is 23.3 Å². The number of hydrogen-bond acceptors (Lipinski definition) is 5. The summed E-state index contributed by atoms with van der Waals surface area (Å²) in [5.74, 6) is -0.810. The number of halogens is 1. The number of benzene rings is 2. The molecule has 0 unspecified atom stereocenters. The first kappa shape index (κ1) is 21.0. The van der Waals surface area contributed by atoms with Crippen LogP contribution in [0.1, 0.15) is 5.56 Å². The Hall–Kier alpha value is -2.77. The average Bonchev–Trinajstić information content (AvgIpc) is 3.06. The molecule has 150 valence electrons. The van der Waals surface area contributed by atoms with Gasteiger partial charge in [-0.15, -0.1) is 6.58 Å². The van der Waals surface area contributed by atoms with E-state index in [2.05, 4.69) is 16.9 Å². The molecule has 1 aromatic heterocycles. The van der Waals surface area contributed by atoms with E-state index in [1.807, 2.05) is 47.0 Å². The number of carbonyl (C=O) groups excluding carboxylic acids is 2. The van der Waals surface area contributed by atoms with Gasteiger partial charge in [0, 0.05) is 11.6 Å². The molecule has 0 atom stereocenters. The first-order valence-corrected chi connectivity index (χ1v) is 10.3.